The number of nitrogens with zero attached hydrogens (tertiary/aromatic N) is 3. The number of hydrogen-bond donors (Lipinski definition) is 1. The van der Waals surface area contributed by atoms with E-state index in [1.165, 1.54) is 12.8 Å². The van der Waals surface area contributed by atoms with Crippen molar-refractivity contribution in [2.75, 3.05) is 7.11 Å². The molecular weight excluding hydrogens is 378 g/mol. The van der Waals surface area contributed by atoms with Crippen molar-refractivity contribution in [3.8, 4) is 39.6 Å². The first-order valence-electron chi connectivity index (χ1n) is 10.5. The van der Waals surface area contributed by atoms with Gasteiger partial charge in [-0.15, -0.1) is 10.2 Å². The molecule has 1 unspecified atom stereocenters. The van der Waals surface area contributed by atoms with Crippen molar-refractivity contribution in [1.82, 2.24) is 15.4 Å². The summed E-state index contributed by atoms with van der Waals surface area (Å²) in [5.41, 5.74) is 2.87. The van der Waals surface area contributed by atoms with E-state index in [2.05, 4.69) is 29.3 Å². The fraction of sp³-hybridized carbons (Fsp3) is 0.375. The van der Waals surface area contributed by atoms with E-state index in [0.717, 1.165) is 30.4 Å². The van der Waals surface area contributed by atoms with Crippen molar-refractivity contribution < 1.29 is 14.6 Å². The number of benzene rings is 2. The summed E-state index contributed by atoms with van der Waals surface area (Å²) in [6, 6.07) is 12.9. The summed E-state index contributed by atoms with van der Waals surface area (Å²) in [4.78, 5) is 0. The SMILES string of the molecule is CCCCCC(CC)Oc1cnnnc1-c1ccc(OC)cc1-c1ccccc1O. The van der Waals surface area contributed by atoms with E-state index in [1.807, 2.05) is 30.3 Å². The molecule has 0 spiro atoms. The van der Waals surface area contributed by atoms with Gasteiger partial charge in [0.25, 0.3) is 0 Å². The van der Waals surface area contributed by atoms with Gasteiger partial charge in [-0.1, -0.05) is 44.9 Å². The molecule has 0 saturated heterocycles. The highest BCUT2D eigenvalue weighted by atomic mass is 16.5. The van der Waals surface area contributed by atoms with Gasteiger partial charge in [-0.05, 0) is 54.3 Å². The molecule has 0 fully saturated rings. The molecule has 2 aromatic carbocycles. The second-order valence-corrected chi connectivity index (χ2v) is 7.22. The quantitative estimate of drug-likeness (QED) is 0.437. The molecule has 30 heavy (non-hydrogen) atoms. The van der Waals surface area contributed by atoms with Crippen molar-refractivity contribution in [2.24, 2.45) is 0 Å². The lowest BCUT2D eigenvalue weighted by atomic mass is 9.96. The van der Waals surface area contributed by atoms with Crippen LogP contribution in [-0.2, 0) is 0 Å². The van der Waals surface area contributed by atoms with Crippen molar-refractivity contribution in [3.63, 3.8) is 0 Å². The molecule has 1 heterocycles. The maximum atomic E-state index is 10.5. The van der Waals surface area contributed by atoms with E-state index < -0.39 is 0 Å². The third kappa shape index (κ3) is 5.06. The van der Waals surface area contributed by atoms with E-state index in [4.69, 9.17) is 9.47 Å². The summed E-state index contributed by atoms with van der Waals surface area (Å²) >= 11 is 0. The molecule has 1 atom stereocenters. The molecule has 0 amide bonds. The minimum atomic E-state index is 0.0909. The summed E-state index contributed by atoms with van der Waals surface area (Å²) in [5.74, 6) is 1.46. The van der Waals surface area contributed by atoms with E-state index >= 15 is 0 Å². The van der Waals surface area contributed by atoms with Gasteiger partial charge in [0.05, 0.1) is 19.4 Å². The summed E-state index contributed by atoms with van der Waals surface area (Å²) in [6.45, 7) is 4.32. The highest BCUT2D eigenvalue weighted by Gasteiger charge is 2.19. The van der Waals surface area contributed by atoms with Gasteiger partial charge in [0.15, 0.2) is 5.75 Å². The topological polar surface area (TPSA) is 77.4 Å². The van der Waals surface area contributed by atoms with Crippen LogP contribution in [0, 0.1) is 0 Å². The predicted molar refractivity (Wildman–Crippen MR) is 118 cm³/mol. The first-order chi connectivity index (χ1) is 14.7. The molecule has 0 aliphatic rings. The van der Waals surface area contributed by atoms with Crippen molar-refractivity contribution in [1.29, 1.82) is 0 Å². The Labute approximate surface area is 177 Å². The van der Waals surface area contributed by atoms with E-state index in [0.29, 0.717) is 22.8 Å². The molecule has 0 bridgehead atoms. The van der Waals surface area contributed by atoms with Crippen LogP contribution < -0.4 is 9.47 Å². The summed E-state index contributed by atoms with van der Waals surface area (Å²) in [7, 11) is 1.62. The first-order valence-corrected chi connectivity index (χ1v) is 10.5. The summed E-state index contributed by atoms with van der Waals surface area (Å²) in [5, 5.41) is 22.6. The maximum Gasteiger partial charge on any atom is 0.168 e. The molecule has 0 aliphatic carbocycles. The van der Waals surface area contributed by atoms with Crippen LogP contribution >= 0.6 is 0 Å². The van der Waals surface area contributed by atoms with Crippen LogP contribution in [0.2, 0.25) is 0 Å². The van der Waals surface area contributed by atoms with E-state index in [1.54, 1.807) is 25.4 Å². The average molecular weight is 408 g/mol. The lowest BCUT2D eigenvalue weighted by molar-refractivity contribution is 0.182. The molecule has 1 aromatic heterocycles. The minimum Gasteiger partial charge on any atom is -0.507 e. The van der Waals surface area contributed by atoms with Crippen molar-refractivity contribution in [3.05, 3.63) is 48.7 Å². The zero-order chi connectivity index (χ0) is 21.3. The number of aromatic hydroxyl groups is 1. The van der Waals surface area contributed by atoms with Crippen LogP contribution in [0.3, 0.4) is 0 Å². The molecule has 158 valence electrons. The third-order valence-corrected chi connectivity index (χ3v) is 5.16. The number of methoxy groups -OCH3 is 1. The molecule has 1 N–H and O–H groups in total. The molecule has 3 aromatic rings. The summed E-state index contributed by atoms with van der Waals surface area (Å²) in [6.07, 6.45) is 7.09. The zero-order valence-electron chi connectivity index (χ0n) is 17.8. The largest absolute Gasteiger partial charge is 0.507 e. The summed E-state index contributed by atoms with van der Waals surface area (Å²) < 4.78 is 11.7. The second kappa shape index (κ2) is 10.6. The fourth-order valence-corrected chi connectivity index (χ4v) is 3.46. The molecule has 6 heteroatoms. The zero-order valence-corrected chi connectivity index (χ0v) is 17.8. The highest BCUT2D eigenvalue weighted by Crippen LogP contribution is 2.40. The Balaban J connectivity index is 2.03. The lowest BCUT2D eigenvalue weighted by Crippen LogP contribution is -2.16. The number of phenolic OH excluding ortho intramolecular Hbond substituents is 1. The average Bonchev–Trinajstić information content (AvgIpc) is 2.79. The Morgan fingerprint density at radius 1 is 1.00 bits per heavy atom. The molecule has 6 nitrogen and oxygen atoms in total. The fourth-order valence-electron chi connectivity index (χ4n) is 3.46. The number of ether oxygens (including phenoxy) is 2. The Morgan fingerprint density at radius 2 is 1.83 bits per heavy atom. The number of unbranched alkanes of at least 4 members (excludes halogenated alkanes) is 2. The van der Waals surface area contributed by atoms with Crippen molar-refractivity contribution in [2.45, 2.75) is 52.1 Å². The number of hydrogen-bond acceptors (Lipinski definition) is 6. The number of para-hydroxylation sites is 1. The number of phenols is 1. The third-order valence-electron chi connectivity index (χ3n) is 5.16. The normalized spacial score (nSPS) is 11.8. The lowest BCUT2D eigenvalue weighted by Gasteiger charge is -2.20. The second-order valence-electron chi connectivity index (χ2n) is 7.22. The van der Waals surface area contributed by atoms with Crippen LogP contribution in [-0.4, -0.2) is 33.7 Å². The van der Waals surface area contributed by atoms with Gasteiger partial charge in [-0.25, -0.2) is 0 Å². The van der Waals surface area contributed by atoms with Gasteiger partial charge in [-0.3, -0.25) is 0 Å². The number of aromatic nitrogens is 3. The monoisotopic (exact) mass is 407 g/mol. The molecular formula is C24H29N3O3. The Kier molecular flexibility index (Phi) is 7.60. The van der Waals surface area contributed by atoms with Gasteiger partial charge < -0.3 is 14.6 Å². The maximum absolute atomic E-state index is 10.5. The van der Waals surface area contributed by atoms with Gasteiger partial charge in [-0.2, -0.15) is 0 Å². The van der Waals surface area contributed by atoms with Crippen LogP contribution in [0.25, 0.3) is 22.4 Å². The van der Waals surface area contributed by atoms with Gasteiger partial charge in [0.1, 0.15) is 17.2 Å². The van der Waals surface area contributed by atoms with Gasteiger partial charge in [0.2, 0.25) is 0 Å². The van der Waals surface area contributed by atoms with Crippen LogP contribution in [0.4, 0.5) is 0 Å². The smallest absolute Gasteiger partial charge is 0.168 e. The molecule has 0 saturated carbocycles. The van der Waals surface area contributed by atoms with E-state index in [-0.39, 0.29) is 11.9 Å². The molecule has 0 aliphatic heterocycles. The Morgan fingerprint density at radius 3 is 2.57 bits per heavy atom. The highest BCUT2D eigenvalue weighted by molar-refractivity contribution is 5.87. The Hall–Kier alpha value is -3.15. The van der Waals surface area contributed by atoms with Crippen LogP contribution in [0.5, 0.6) is 17.2 Å². The minimum absolute atomic E-state index is 0.0909. The van der Waals surface area contributed by atoms with Crippen LogP contribution in [0.1, 0.15) is 46.0 Å². The van der Waals surface area contributed by atoms with Crippen molar-refractivity contribution >= 4 is 0 Å². The first kappa shape index (κ1) is 21.6. The van der Waals surface area contributed by atoms with Gasteiger partial charge >= 0.3 is 0 Å². The molecule has 0 radical (unpaired) electrons. The Bertz CT molecular complexity index is 962. The predicted octanol–water partition coefficient (Wildman–Crippen LogP) is 5.66. The number of rotatable bonds is 10. The molecule has 3 rings (SSSR count). The van der Waals surface area contributed by atoms with E-state index in [9.17, 15) is 5.11 Å². The van der Waals surface area contributed by atoms with Gasteiger partial charge in [0, 0.05) is 11.1 Å². The van der Waals surface area contributed by atoms with Crippen LogP contribution in [0.15, 0.2) is 48.7 Å². The standard InChI is InChI=1S/C24H29N3O3/c1-4-6-7-10-17(5-2)30-23-16-25-27-26-24(23)20-14-13-18(29-3)15-21(20)19-11-8-9-12-22(19)28/h8-9,11-17,28H,4-7,10H2,1-3H3.